The molecule has 0 heterocycles. The highest BCUT2D eigenvalue weighted by Crippen LogP contribution is 2.35. The van der Waals surface area contributed by atoms with Crippen molar-refractivity contribution in [2.75, 3.05) is 13.2 Å². The van der Waals surface area contributed by atoms with Crippen LogP contribution in [0.1, 0.15) is 18.4 Å². The van der Waals surface area contributed by atoms with Crippen LogP contribution >= 0.6 is 11.6 Å². The average Bonchev–Trinajstić information content (AvgIpc) is 2.20. The van der Waals surface area contributed by atoms with Crippen molar-refractivity contribution in [3.05, 3.63) is 35.9 Å². The number of rotatable bonds is 5. The van der Waals surface area contributed by atoms with Crippen LogP contribution in [-0.2, 0) is 4.87 Å². The van der Waals surface area contributed by atoms with Gasteiger partial charge in [0.15, 0.2) is 0 Å². The number of aliphatic hydroxyl groups excluding tert-OH is 2. The molecule has 3 heteroatoms. The van der Waals surface area contributed by atoms with Crippen LogP contribution in [0.15, 0.2) is 30.3 Å². The first kappa shape index (κ1) is 11.5. The summed E-state index contributed by atoms with van der Waals surface area (Å²) in [6.45, 7) is 0.0524. The van der Waals surface area contributed by atoms with Crippen molar-refractivity contribution in [1.82, 2.24) is 0 Å². The third-order valence-corrected chi connectivity index (χ3v) is 2.90. The second kappa shape index (κ2) is 5.35. The first-order valence-electron chi connectivity index (χ1n) is 4.69. The third-order valence-electron chi connectivity index (χ3n) is 2.31. The van der Waals surface area contributed by atoms with Crippen LogP contribution in [0.25, 0.3) is 0 Å². The zero-order chi connectivity index (χ0) is 10.4. The molecule has 2 N–H and O–H groups in total. The van der Waals surface area contributed by atoms with Gasteiger partial charge in [-0.2, -0.15) is 0 Å². The smallest absolute Gasteiger partial charge is 0.0738 e. The van der Waals surface area contributed by atoms with Crippen molar-refractivity contribution < 1.29 is 10.2 Å². The Labute approximate surface area is 89.1 Å². The Morgan fingerprint density at radius 1 is 1.00 bits per heavy atom. The lowest BCUT2D eigenvalue weighted by Crippen LogP contribution is -2.21. The molecular weight excluding hydrogens is 200 g/mol. The summed E-state index contributed by atoms with van der Waals surface area (Å²) in [4.78, 5) is -0.634. The summed E-state index contributed by atoms with van der Waals surface area (Å²) in [7, 11) is 0. The molecule has 0 spiro atoms. The van der Waals surface area contributed by atoms with E-state index in [1.54, 1.807) is 0 Å². The number of alkyl halides is 1. The van der Waals surface area contributed by atoms with E-state index in [9.17, 15) is 0 Å². The minimum absolute atomic E-state index is 0.0262. The van der Waals surface area contributed by atoms with Crippen LogP contribution < -0.4 is 0 Å². The first-order valence-corrected chi connectivity index (χ1v) is 5.07. The predicted octanol–water partition coefficient (Wildman–Crippen LogP) is 1.89. The summed E-state index contributed by atoms with van der Waals surface area (Å²) in [5.74, 6) is 0. The van der Waals surface area contributed by atoms with Crippen molar-refractivity contribution in [2.24, 2.45) is 0 Å². The topological polar surface area (TPSA) is 40.5 Å². The van der Waals surface area contributed by atoms with Gasteiger partial charge in [0.25, 0.3) is 0 Å². The van der Waals surface area contributed by atoms with Gasteiger partial charge in [0.05, 0.1) is 4.87 Å². The number of hydrogen-bond donors (Lipinski definition) is 2. The van der Waals surface area contributed by atoms with Gasteiger partial charge in [-0.3, -0.25) is 0 Å². The molecule has 0 saturated carbocycles. The van der Waals surface area contributed by atoms with E-state index in [0.29, 0.717) is 12.8 Å². The monoisotopic (exact) mass is 214 g/mol. The molecule has 0 aliphatic heterocycles. The van der Waals surface area contributed by atoms with E-state index in [1.807, 2.05) is 30.3 Å². The van der Waals surface area contributed by atoms with Gasteiger partial charge in [-0.1, -0.05) is 30.3 Å². The highest BCUT2D eigenvalue weighted by Gasteiger charge is 2.27. The Morgan fingerprint density at radius 2 is 1.50 bits per heavy atom. The standard InChI is InChI=1S/C11H15ClO2/c12-11(6-8-13,7-9-14)10-4-2-1-3-5-10/h1-5,13-14H,6-9H2. The second-order valence-electron chi connectivity index (χ2n) is 3.28. The van der Waals surface area contributed by atoms with E-state index in [4.69, 9.17) is 21.8 Å². The lowest BCUT2D eigenvalue weighted by Gasteiger charge is -2.26. The summed E-state index contributed by atoms with van der Waals surface area (Å²) in [5.41, 5.74) is 0.949. The molecular formula is C11H15ClO2. The van der Waals surface area contributed by atoms with Crippen molar-refractivity contribution in [3.8, 4) is 0 Å². The quantitative estimate of drug-likeness (QED) is 0.735. The lowest BCUT2D eigenvalue weighted by atomic mass is 9.92. The van der Waals surface area contributed by atoms with Gasteiger partial charge in [0.1, 0.15) is 0 Å². The maximum Gasteiger partial charge on any atom is 0.0738 e. The molecule has 0 saturated heterocycles. The number of halogens is 1. The van der Waals surface area contributed by atoms with Crippen LogP contribution in [0.5, 0.6) is 0 Å². The van der Waals surface area contributed by atoms with Gasteiger partial charge in [0.2, 0.25) is 0 Å². The SMILES string of the molecule is OCCC(Cl)(CCO)c1ccccc1. The highest BCUT2D eigenvalue weighted by atomic mass is 35.5. The Kier molecular flexibility index (Phi) is 4.39. The molecule has 2 nitrogen and oxygen atoms in total. The van der Waals surface area contributed by atoms with Gasteiger partial charge in [-0.25, -0.2) is 0 Å². The molecule has 0 aromatic heterocycles. The molecule has 1 aromatic carbocycles. The van der Waals surface area contributed by atoms with Crippen LogP contribution in [0.4, 0.5) is 0 Å². The minimum atomic E-state index is -0.634. The van der Waals surface area contributed by atoms with Crippen LogP contribution in [0.2, 0.25) is 0 Å². The zero-order valence-electron chi connectivity index (χ0n) is 7.99. The molecule has 0 amide bonds. The van der Waals surface area contributed by atoms with Crippen molar-refractivity contribution in [3.63, 3.8) is 0 Å². The fraction of sp³-hybridized carbons (Fsp3) is 0.455. The Morgan fingerprint density at radius 3 is 1.93 bits per heavy atom. The van der Waals surface area contributed by atoms with E-state index in [0.717, 1.165) is 5.56 Å². The van der Waals surface area contributed by atoms with Crippen molar-refractivity contribution in [1.29, 1.82) is 0 Å². The van der Waals surface area contributed by atoms with Gasteiger partial charge in [-0.05, 0) is 18.4 Å². The molecule has 1 aromatic rings. The summed E-state index contributed by atoms with van der Waals surface area (Å²) in [5, 5.41) is 17.8. The van der Waals surface area contributed by atoms with E-state index in [1.165, 1.54) is 0 Å². The summed E-state index contributed by atoms with van der Waals surface area (Å²) >= 11 is 6.34. The summed E-state index contributed by atoms with van der Waals surface area (Å²) in [6.07, 6.45) is 0.915. The molecule has 0 aliphatic carbocycles. The molecule has 14 heavy (non-hydrogen) atoms. The third kappa shape index (κ3) is 2.71. The minimum Gasteiger partial charge on any atom is -0.396 e. The molecule has 0 atom stereocenters. The Hall–Kier alpha value is -0.570. The van der Waals surface area contributed by atoms with E-state index >= 15 is 0 Å². The fourth-order valence-electron chi connectivity index (χ4n) is 1.50. The number of hydrogen-bond acceptors (Lipinski definition) is 2. The Balaban J connectivity index is 2.87. The highest BCUT2D eigenvalue weighted by molar-refractivity contribution is 6.24. The average molecular weight is 215 g/mol. The van der Waals surface area contributed by atoms with Crippen LogP contribution in [-0.4, -0.2) is 23.4 Å². The fourth-order valence-corrected chi connectivity index (χ4v) is 1.80. The summed E-state index contributed by atoms with van der Waals surface area (Å²) < 4.78 is 0. The molecule has 1 rings (SSSR count). The Bertz CT molecular complexity index is 255. The molecule has 0 radical (unpaired) electrons. The largest absolute Gasteiger partial charge is 0.396 e. The zero-order valence-corrected chi connectivity index (χ0v) is 8.74. The van der Waals surface area contributed by atoms with Crippen molar-refractivity contribution >= 4 is 11.6 Å². The van der Waals surface area contributed by atoms with E-state index in [-0.39, 0.29) is 13.2 Å². The second-order valence-corrected chi connectivity index (χ2v) is 4.00. The molecule has 0 unspecified atom stereocenters. The van der Waals surface area contributed by atoms with E-state index in [2.05, 4.69) is 0 Å². The maximum atomic E-state index is 8.92. The number of aliphatic hydroxyl groups is 2. The molecule has 0 aliphatic rings. The maximum absolute atomic E-state index is 8.92. The predicted molar refractivity (Wildman–Crippen MR) is 57.4 cm³/mol. The van der Waals surface area contributed by atoms with Gasteiger partial charge in [-0.15, -0.1) is 11.6 Å². The van der Waals surface area contributed by atoms with Crippen LogP contribution in [0.3, 0.4) is 0 Å². The van der Waals surface area contributed by atoms with Gasteiger partial charge >= 0.3 is 0 Å². The van der Waals surface area contributed by atoms with Crippen LogP contribution in [0, 0.1) is 0 Å². The van der Waals surface area contributed by atoms with Gasteiger partial charge in [0, 0.05) is 13.2 Å². The van der Waals surface area contributed by atoms with Gasteiger partial charge < -0.3 is 10.2 Å². The molecule has 0 bridgehead atoms. The molecule has 0 fully saturated rings. The normalized spacial score (nSPS) is 11.6. The first-order chi connectivity index (χ1) is 6.73. The summed E-state index contributed by atoms with van der Waals surface area (Å²) in [6, 6.07) is 9.55. The molecule has 78 valence electrons. The van der Waals surface area contributed by atoms with Crippen molar-refractivity contribution in [2.45, 2.75) is 17.7 Å². The number of benzene rings is 1. The lowest BCUT2D eigenvalue weighted by molar-refractivity contribution is 0.228. The van der Waals surface area contributed by atoms with E-state index < -0.39 is 4.87 Å².